The molecule has 2 amide bonds. The van der Waals surface area contributed by atoms with Crippen LogP contribution in [0.5, 0.6) is 5.75 Å². The van der Waals surface area contributed by atoms with Crippen molar-refractivity contribution in [3.8, 4) is 5.75 Å². The molecule has 0 aliphatic heterocycles. The van der Waals surface area contributed by atoms with E-state index in [1.165, 1.54) is 12.2 Å². The highest BCUT2D eigenvalue weighted by atomic mass is 79.9. The average molecular weight is 531 g/mol. The van der Waals surface area contributed by atoms with Gasteiger partial charge in [0.2, 0.25) is 5.91 Å². The number of ether oxygens (including phenoxy) is 1. The Hall–Kier alpha value is -2.17. The number of halogens is 2. The second-order valence-corrected chi connectivity index (χ2v) is 7.77. The number of carbonyl (C=O) groups excluding carboxylic acids is 2. The van der Waals surface area contributed by atoms with Crippen LogP contribution in [-0.4, -0.2) is 23.5 Å². The Kier molecular flexibility index (Phi) is 8.21. The number of furan rings is 1. The lowest BCUT2D eigenvalue weighted by Crippen LogP contribution is -2.49. The third-order valence-electron chi connectivity index (χ3n) is 3.25. The third kappa shape index (κ3) is 7.10. The van der Waals surface area contributed by atoms with Crippen LogP contribution in [0.2, 0.25) is 0 Å². The number of carbonyl (C=O) groups is 2. The van der Waals surface area contributed by atoms with Gasteiger partial charge in [-0.3, -0.25) is 25.8 Å². The topological polar surface area (TPSA) is 92.6 Å². The van der Waals surface area contributed by atoms with Gasteiger partial charge in [-0.05, 0) is 77.9 Å². The van der Waals surface area contributed by atoms with Gasteiger partial charge >= 0.3 is 0 Å². The standard InChI is InChI=1S/C18H17Br2N3O4S/c1-10-7-12(19)8-14(20)17(10)26-9-16(25)22-23-18(28)21-15(24)6-5-13-4-3-11(2)27-13/h3-8H,9H2,1-2H3,(H,22,25)(H2,21,23,24,28)/b6-5+. The fraction of sp³-hybridized carbons (Fsp3) is 0.167. The lowest BCUT2D eigenvalue weighted by Gasteiger charge is -2.13. The quantitative estimate of drug-likeness (QED) is 0.311. The first-order valence-corrected chi connectivity index (χ1v) is 9.97. The van der Waals surface area contributed by atoms with Crippen molar-refractivity contribution in [2.75, 3.05) is 6.61 Å². The van der Waals surface area contributed by atoms with Gasteiger partial charge in [-0.2, -0.15) is 0 Å². The number of amides is 2. The molecule has 2 aromatic rings. The molecule has 0 aliphatic rings. The summed E-state index contributed by atoms with van der Waals surface area (Å²) < 4.78 is 12.4. The number of aryl methyl sites for hydroxylation is 2. The minimum atomic E-state index is -0.466. The highest BCUT2D eigenvalue weighted by Gasteiger charge is 2.10. The second kappa shape index (κ2) is 10.4. The molecule has 0 radical (unpaired) electrons. The minimum absolute atomic E-state index is 0.0559. The third-order valence-corrected chi connectivity index (χ3v) is 4.50. The lowest BCUT2D eigenvalue weighted by atomic mass is 10.2. The Labute approximate surface area is 184 Å². The molecule has 3 N–H and O–H groups in total. The Morgan fingerprint density at radius 2 is 1.96 bits per heavy atom. The van der Waals surface area contributed by atoms with E-state index in [1.54, 1.807) is 19.1 Å². The molecule has 7 nitrogen and oxygen atoms in total. The van der Waals surface area contributed by atoms with Crippen molar-refractivity contribution in [3.63, 3.8) is 0 Å². The number of hydrogen-bond acceptors (Lipinski definition) is 5. The van der Waals surface area contributed by atoms with Crippen molar-refractivity contribution in [3.05, 3.63) is 56.4 Å². The SMILES string of the molecule is Cc1ccc(/C=C/C(=O)NC(=S)NNC(=O)COc2c(C)cc(Br)cc2Br)o1. The summed E-state index contributed by atoms with van der Waals surface area (Å²) in [5, 5.41) is 2.34. The number of hydrogen-bond donors (Lipinski definition) is 3. The van der Waals surface area contributed by atoms with E-state index in [0.717, 1.165) is 20.3 Å². The number of hydrazine groups is 1. The Morgan fingerprint density at radius 1 is 1.21 bits per heavy atom. The van der Waals surface area contributed by atoms with E-state index >= 15 is 0 Å². The highest BCUT2D eigenvalue weighted by Crippen LogP contribution is 2.32. The summed E-state index contributed by atoms with van der Waals surface area (Å²) in [5.41, 5.74) is 5.65. The van der Waals surface area contributed by atoms with Gasteiger partial charge in [0.05, 0.1) is 4.47 Å². The van der Waals surface area contributed by atoms with E-state index in [-0.39, 0.29) is 11.7 Å². The zero-order chi connectivity index (χ0) is 20.7. The van der Waals surface area contributed by atoms with Crippen molar-refractivity contribution >= 4 is 67.1 Å². The fourth-order valence-electron chi connectivity index (χ4n) is 2.06. The summed E-state index contributed by atoms with van der Waals surface area (Å²) in [4.78, 5) is 23.7. The molecule has 0 atom stereocenters. The number of benzene rings is 1. The number of thiocarbonyl (C=S) groups is 1. The van der Waals surface area contributed by atoms with Gasteiger partial charge in [-0.15, -0.1) is 0 Å². The normalized spacial score (nSPS) is 10.6. The predicted molar refractivity (Wildman–Crippen MR) is 117 cm³/mol. The lowest BCUT2D eigenvalue weighted by molar-refractivity contribution is -0.123. The zero-order valence-electron chi connectivity index (χ0n) is 15.0. The molecule has 0 spiro atoms. The Bertz CT molecular complexity index is 904. The van der Waals surface area contributed by atoms with Crippen molar-refractivity contribution in [2.24, 2.45) is 0 Å². The van der Waals surface area contributed by atoms with E-state index < -0.39 is 11.8 Å². The van der Waals surface area contributed by atoms with Gasteiger partial charge in [-0.25, -0.2) is 0 Å². The van der Waals surface area contributed by atoms with E-state index in [4.69, 9.17) is 21.4 Å². The van der Waals surface area contributed by atoms with Crippen molar-refractivity contribution in [2.45, 2.75) is 13.8 Å². The van der Waals surface area contributed by atoms with E-state index in [0.29, 0.717) is 11.5 Å². The van der Waals surface area contributed by atoms with Crippen LogP contribution in [0.25, 0.3) is 6.08 Å². The van der Waals surface area contributed by atoms with Crippen LogP contribution in [0.4, 0.5) is 0 Å². The molecule has 2 rings (SSSR count). The van der Waals surface area contributed by atoms with Gasteiger partial charge < -0.3 is 9.15 Å². The minimum Gasteiger partial charge on any atom is -0.482 e. The van der Waals surface area contributed by atoms with Gasteiger partial charge in [0.15, 0.2) is 11.7 Å². The first-order chi connectivity index (χ1) is 13.2. The zero-order valence-corrected chi connectivity index (χ0v) is 19.0. The molecule has 0 aliphatic carbocycles. The molecule has 10 heteroatoms. The molecule has 28 heavy (non-hydrogen) atoms. The molecule has 0 unspecified atom stereocenters. The van der Waals surface area contributed by atoms with Crippen LogP contribution in [0, 0.1) is 13.8 Å². The molecule has 1 heterocycles. The molecule has 0 bridgehead atoms. The molecular formula is C18H17Br2N3O4S. The van der Waals surface area contributed by atoms with Crippen LogP contribution >= 0.6 is 44.1 Å². The molecule has 0 saturated heterocycles. The van der Waals surface area contributed by atoms with Crippen molar-refractivity contribution < 1.29 is 18.7 Å². The van der Waals surface area contributed by atoms with Gasteiger partial charge in [0.25, 0.3) is 5.91 Å². The molecule has 148 valence electrons. The van der Waals surface area contributed by atoms with Crippen LogP contribution in [0.15, 0.2) is 43.7 Å². The Morgan fingerprint density at radius 3 is 2.61 bits per heavy atom. The number of nitrogens with one attached hydrogen (secondary N) is 3. The van der Waals surface area contributed by atoms with Crippen molar-refractivity contribution in [1.82, 2.24) is 16.2 Å². The summed E-state index contributed by atoms with van der Waals surface area (Å²) in [6.45, 7) is 3.44. The molecule has 0 saturated carbocycles. The van der Waals surface area contributed by atoms with Crippen LogP contribution < -0.4 is 20.9 Å². The van der Waals surface area contributed by atoms with Crippen molar-refractivity contribution in [1.29, 1.82) is 0 Å². The molecule has 1 aromatic carbocycles. The van der Waals surface area contributed by atoms with Gasteiger partial charge in [0, 0.05) is 10.5 Å². The van der Waals surface area contributed by atoms with E-state index in [2.05, 4.69) is 48.0 Å². The van der Waals surface area contributed by atoms with E-state index in [9.17, 15) is 9.59 Å². The maximum atomic E-state index is 11.9. The summed E-state index contributed by atoms with van der Waals surface area (Å²) in [5.74, 6) is 0.922. The maximum Gasteiger partial charge on any atom is 0.276 e. The largest absolute Gasteiger partial charge is 0.482 e. The van der Waals surface area contributed by atoms with Crippen LogP contribution in [0.1, 0.15) is 17.1 Å². The first-order valence-electron chi connectivity index (χ1n) is 7.97. The monoisotopic (exact) mass is 529 g/mol. The number of rotatable bonds is 5. The molecule has 1 aromatic heterocycles. The average Bonchev–Trinajstić information content (AvgIpc) is 3.02. The van der Waals surface area contributed by atoms with Crippen LogP contribution in [-0.2, 0) is 9.59 Å². The highest BCUT2D eigenvalue weighted by molar-refractivity contribution is 9.11. The summed E-state index contributed by atoms with van der Waals surface area (Å²) in [6, 6.07) is 7.22. The summed E-state index contributed by atoms with van der Waals surface area (Å²) in [6.07, 6.45) is 2.78. The summed E-state index contributed by atoms with van der Waals surface area (Å²) >= 11 is 11.7. The van der Waals surface area contributed by atoms with Gasteiger partial charge in [-0.1, -0.05) is 15.9 Å². The summed E-state index contributed by atoms with van der Waals surface area (Å²) in [7, 11) is 0. The van der Waals surface area contributed by atoms with Crippen LogP contribution in [0.3, 0.4) is 0 Å². The Balaban J connectivity index is 1.74. The van der Waals surface area contributed by atoms with E-state index in [1.807, 2.05) is 19.1 Å². The fourth-order valence-corrected chi connectivity index (χ4v) is 3.76. The smallest absolute Gasteiger partial charge is 0.276 e. The maximum absolute atomic E-state index is 11.9. The second-order valence-electron chi connectivity index (χ2n) is 5.60. The molecule has 0 fully saturated rings. The first kappa shape index (κ1) is 22.1. The molecular weight excluding hydrogens is 514 g/mol. The van der Waals surface area contributed by atoms with Gasteiger partial charge in [0.1, 0.15) is 17.3 Å². The predicted octanol–water partition coefficient (Wildman–Crippen LogP) is 3.54.